The lowest BCUT2D eigenvalue weighted by Crippen LogP contribution is -2.24. The third kappa shape index (κ3) is 4.83. The Morgan fingerprint density at radius 1 is 1.17 bits per heavy atom. The number of hydrogen-bond acceptors (Lipinski definition) is 1. The maximum atomic E-state index is 12.3. The molecule has 2 nitrogen and oxygen atoms in total. The molecule has 1 rings (SSSR count). The summed E-state index contributed by atoms with van der Waals surface area (Å²) in [7, 11) is 0. The minimum Gasteiger partial charge on any atom is -0.352 e. The molecule has 0 saturated heterocycles. The second kappa shape index (κ2) is 6.96. The molecule has 0 saturated carbocycles. The second-order valence-corrected chi connectivity index (χ2v) is 4.81. The van der Waals surface area contributed by atoms with Gasteiger partial charge < -0.3 is 5.32 Å². The van der Waals surface area contributed by atoms with Crippen molar-refractivity contribution in [1.82, 2.24) is 5.32 Å². The van der Waals surface area contributed by atoms with Crippen LogP contribution in [0.15, 0.2) is 24.3 Å². The number of nitrogens with one attached hydrogen (secondary N) is 1. The molecule has 0 atom stereocenters. The van der Waals surface area contributed by atoms with Gasteiger partial charge in [0.2, 0.25) is 0 Å². The van der Waals surface area contributed by atoms with Crippen molar-refractivity contribution in [1.29, 1.82) is 0 Å². The van der Waals surface area contributed by atoms with Gasteiger partial charge in [0.05, 0.1) is 5.56 Å². The van der Waals surface area contributed by atoms with Crippen molar-refractivity contribution < 1.29 is 18.0 Å². The number of alkyl halides is 4. The number of halogens is 4. The molecule has 0 aliphatic carbocycles. The summed E-state index contributed by atoms with van der Waals surface area (Å²) in [5, 5.41) is 2.67. The van der Waals surface area contributed by atoms with Crippen LogP contribution in [0, 0.1) is 0 Å². The maximum absolute atomic E-state index is 12.3. The van der Waals surface area contributed by atoms with Crippen molar-refractivity contribution in [3.05, 3.63) is 35.4 Å². The monoisotopic (exact) mass is 371 g/mol. The Morgan fingerprint density at radius 2 is 1.78 bits per heavy atom. The van der Waals surface area contributed by atoms with Crippen LogP contribution < -0.4 is 5.32 Å². The van der Waals surface area contributed by atoms with Crippen molar-refractivity contribution in [3.63, 3.8) is 0 Å². The molecule has 0 radical (unpaired) electrons. The highest BCUT2D eigenvalue weighted by atomic mass is 127. The smallest absolute Gasteiger partial charge is 0.352 e. The van der Waals surface area contributed by atoms with Crippen LogP contribution in [0.2, 0.25) is 0 Å². The van der Waals surface area contributed by atoms with E-state index in [9.17, 15) is 18.0 Å². The third-order valence-electron chi connectivity index (χ3n) is 2.32. The minimum absolute atomic E-state index is 0.248. The van der Waals surface area contributed by atoms with Crippen molar-refractivity contribution in [3.8, 4) is 0 Å². The van der Waals surface area contributed by atoms with Gasteiger partial charge in [-0.05, 0) is 41.5 Å². The Balaban J connectivity index is 2.54. The van der Waals surface area contributed by atoms with Gasteiger partial charge in [0, 0.05) is 12.1 Å². The van der Waals surface area contributed by atoms with E-state index in [1.54, 1.807) is 0 Å². The van der Waals surface area contributed by atoms with Gasteiger partial charge in [0.25, 0.3) is 5.91 Å². The first-order valence-corrected chi connectivity index (χ1v) is 6.99. The number of carbonyl (C=O) groups is 1. The summed E-state index contributed by atoms with van der Waals surface area (Å²) < 4.78 is 37.9. The number of rotatable bonds is 5. The predicted molar refractivity (Wildman–Crippen MR) is 71.9 cm³/mol. The van der Waals surface area contributed by atoms with E-state index >= 15 is 0 Å². The molecule has 6 heteroatoms. The van der Waals surface area contributed by atoms with E-state index in [4.69, 9.17) is 0 Å². The van der Waals surface area contributed by atoms with E-state index in [0.29, 0.717) is 6.54 Å². The van der Waals surface area contributed by atoms with Gasteiger partial charge in [-0.1, -0.05) is 22.6 Å². The molecule has 0 bridgehead atoms. The Hall–Kier alpha value is -0.790. The fourth-order valence-electron chi connectivity index (χ4n) is 1.33. The average Bonchev–Trinajstić information content (AvgIpc) is 2.33. The standard InChI is InChI=1S/C12H13F3INO/c13-12(14,15)10-5-3-9(4-6-10)11(18)17-8-2-1-7-16/h3-6H,1-2,7-8H2,(H,17,18). The Kier molecular flexibility index (Phi) is 5.90. The highest BCUT2D eigenvalue weighted by molar-refractivity contribution is 14.1. The molecule has 0 aromatic heterocycles. The molecule has 0 fully saturated rings. The quantitative estimate of drug-likeness (QED) is 0.478. The van der Waals surface area contributed by atoms with E-state index < -0.39 is 11.7 Å². The summed E-state index contributed by atoms with van der Waals surface area (Å²) in [6.45, 7) is 0.545. The van der Waals surface area contributed by atoms with Crippen LogP contribution in [0.3, 0.4) is 0 Å². The number of unbranched alkanes of at least 4 members (excludes halogenated alkanes) is 1. The summed E-state index contributed by atoms with van der Waals surface area (Å²) in [6.07, 6.45) is -2.49. The lowest BCUT2D eigenvalue weighted by Gasteiger charge is -2.08. The summed E-state index contributed by atoms with van der Waals surface area (Å²) in [4.78, 5) is 11.6. The zero-order valence-corrected chi connectivity index (χ0v) is 11.7. The minimum atomic E-state index is -4.37. The molecule has 0 heterocycles. The zero-order valence-electron chi connectivity index (χ0n) is 9.56. The van der Waals surface area contributed by atoms with Gasteiger partial charge in [-0.25, -0.2) is 0 Å². The maximum Gasteiger partial charge on any atom is 0.416 e. The summed E-state index contributed by atoms with van der Waals surface area (Å²) >= 11 is 2.25. The highest BCUT2D eigenvalue weighted by Gasteiger charge is 2.30. The number of amides is 1. The van der Waals surface area contributed by atoms with Gasteiger partial charge in [0.1, 0.15) is 0 Å². The van der Waals surface area contributed by atoms with Crippen molar-refractivity contribution in [2.24, 2.45) is 0 Å². The number of benzene rings is 1. The third-order valence-corrected chi connectivity index (χ3v) is 3.08. The van der Waals surface area contributed by atoms with Crippen LogP contribution in [0.4, 0.5) is 13.2 Å². The molecule has 1 aromatic carbocycles. The lowest BCUT2D eigenvalue weighted by molar-refractivity contribution is -0.137. The SMILES string of the molecule is O=C(NCCCCI)c1ccc(C(F)(F)F)cc1. The zero-order chi connectivity index (χ0) is 13.6. The van der Waals surface area contributed by atoms with E-state index in [2.05, 4.69) is 27.9 Å². The fourth-order valence-corrected chi connectivity index (χ4v) is 1.87. The Bertz CT molecular complexity index is 389. The van der Waals surface area contributed by atoms with Crippen LogP contribution >= 0.6 is 22.6 Å². The molecule has 0 aliphatic heterocycles. The number of hydrogen-bond donors (Lipinski definition) is 1. The van der Waals surface area contributed by atoms with Crippen molar-refractivity contribution in [2.45, 2.75) is 19.0 Å². The molecule has 1 aromatic rings. The fraction of sp³-hybridized carbons (Fsp3) is 0.417. The highest BCUT2D eigenvalue weighted by Crippen LogP contribution is 2.28. The van der Waals surface area contributed by atoms with Gasteiger partial charge >= 0.3 is 6.18 Å². The van der Waals surface area contributed by atoms with E-state index in [-0.39, 0.29) is 11.5 Å². The first-order valence-electron chi connectivity index (χ1n) is 5.46. The topological polar surface area (TPSA) is 29.1 Å². The van der Waals surface area contributed by atoms with Crippen molar-refractivity contribution in [2.75, 3.05) is 11.0 Å². The molecule has 100 valence electrons. The number of carbonyl (C=O) groups excluding carboxylic acids is 1. The van der Waals surface area contributed by atoms with Crippen LogP contribution in [0.5, 0.6) is 0 Å². The molecule has 1 amide bonds. The Morgan fingerprint density at radius 3 is 2.28 bits per heavy atom. The van der Waals surface area contributed by atoms with Crippen LogP contribution in [-0.2, 0) is 6.18 Å². The largest absolute Gasteiger partial charge is 0.416 e. The van der Waals surface area contributed by atoms with Crippen molar-refractivity contribution >= 4 is 28.5 Å². The molecule has 18 heavy (non-hydrogen) atoms. The Labute approximate surface area is 117 Å². The van der Waals surface area contributed by atoms with Gasteiger partial charge in [-0.2, -0.15) is 13.2 Å². The molecule has 0 aliphatic rings. The summed E-state index contributed by atoms with van der Waals surface area (Å²) in [5.41, 5.74) is -0.499. The van der Waals surface area contributed by atoms with Gasteiger partial charge in [0.15, 0.2) is 0 Å². The van der Waals surface area contributed by atoms with E-state index in [0.717, 1.165) is 29.4 Å². The first kappa shape index (κ1) is 15.3. The molecule has 0 spiro atoms. The predicted octanol–water partition coefficient (Wildman–Crippen LogP) is 3.65. The lowest BCUT2D eigenvalue weighted by atomic mass is 10.1. The van der Waals surface area contributed by atoms with E-state index in [1.807, 2.05) is 0 Å². The van der Waals surface area contributed by atoms with Gasteiger partial charge in [-0.15, -0.1) is 0 Å². The van der Waals surface area contributed by atoms with Crippen LogP contribution in [0.25, 0.3) is 0 Å². The van der Waals surface area contributed by atoms with Crippen LogP contribution in [0.1, 0.15) is 28.8 Å². The first-order chi connectivity index (χ1) is 8.45. The average molecular weight is 371 g/mol. The second-order valence-electron chi connectivity index (χ2n) is 3.73. The molecule has 1 N–H and O–H groups in total. The normalized spacial score (nSPS) is 11.3. The molecule has 0 unspecified atom stereocenters. The summed E-state index contributed by atoms with van der Waals surface area (Å²) in [6, 6.07) is 4.21. The molecular formula is C12H13F3INO. The van der Waals surface area contributed by atoms with Gasteiger partial charge in [-0.3, -0.25) is 4.79 Å². The van der Waals surface area contributed by atoms with E-state index in [1.165, 1.54) is 12.1 Å². The molecular weight excluding hydrogens is 358 g/mol. The summed E-state index contributed by atoms with van der Waals surface area (Å²) in [5.74, 6) is -0.336. The van der Waals surface area contributed by atoms with Crippen LogP contribution in [-0.4, -0.2) is 16.9 Å².